The van der Waals surface area contributed by atoms with E-state index in [1.165, 1.54) is 0 Å². The number of nitrogens with zero attached hydrogens (tertiary/aromatic N) is 1. The van der Waals surface area contributed by atoms with Crippen LogP contribution in [0.25, 0.3) is 0 Å². The highest BCUT2D eigenvalue weighted by atomic mass is 35.5. The van der Waals surface area contributed by atoms with Gasteiger partial charge in [0.1, 0.15) is 0 Å². The molecule has 4 nitrogen and oxygen atoms in total. The summed E-state index contributed by atoms with van der Waals surface area (Å²) in [7, 11) is 2.05. The minimum atomic E-state index is -0.431. The molecule has 1 heterocycles. The zero-order valence-corrected chi connectivity index (χ0v) is 12.1. The molecule has 1 fully saturated rings. The average Bonchev–Trinajstić information content (AvgIpc) is 2.41. The number of primary amides is 1. The maximum atomic E-state index is 11.5. The van der Waals surface area contributed by atoms with Crippen LogP contribution in [0.3, 0.4) is 0 Å². The Balaban J connectivity index is 2.35. The van der Waals surface area contributed by atoms with Crippen molar-refractivity contribution in [3.05, 3.63) is 28.3 Å². The SMILES string of the molecule is Cc1c(C(N)=O)cc(Cl)cc1N(C)C1CCNCC1. The molecule has 1 aliphatic heterocycles. The van der Waals surface area contributed by atoms with Crippen molar-refractivity contribution in [2.24, 2.45) is 5.73 Å². The van der Waals surface area contributed by atoms with Gasteiger partial charge >= 0.3 is 0 Å². The molecule has 2 rings (SSSR count). The van der Waals surface area contributed by atoms with Gasteiger partial charge in [-0.15, -0.1) is 0 Å². The van der Waals surface area contributed by atoms with Crippen LogP contribution in [0, 0.1) is 6.92 Å². The minimum absolute atomic E-state index is 0.431. The Morgan fingerprint density at radius 3 is 2.63 bits per heavy atom. The average molecular weight is 282 g/mol. The van der Waals surface area contributed by atoms with E-state index in [1.54, 1.807) is 6.07 Å². The Labute approximate surface area is 118 Å². The smallest absolute Gasteiger partial charge is 0.249 e. The second kappa shape index (κ2) is 5.80. The molecule has 0 radical (unpaired) electrons. The first-order valence-corrected chi connectivity index (χ1v) is 6.92. The van der Waals surface area contributed by atoms with Gasteiger partial charge in [0.15, 0.2) is 0 Å². The van der Waals surface area contributed by atoms with Crippen LogP contribution in [0.5, 0.6) is 0 Å². The number of rotatable bonds is 3. The van der Waals surface area contributed by atoms with E-state index in [4.69, 9.17) is 17.3 Å². The Bertz CT molecular complexity index is 484. The van der Waals surface area contributed by atoms with Crippen molar-refractivity contribution in [3.8, 4) is 0 Å². The first-order chi connectivity index (χ1) is 9.00. The number of hydrogen-bond acceptors (Lipinski definition) is 3. The number of piperidine rings is 1. The van der Waals surface area contributed by atoms with Gasteiger partial charge in [-0.25, -0.2) is 0 Å². The summed E-state index contributed by atoms with van der Waals surface area (Å²) >= 11 is 6.10. The summed E-state index contributed by atoms with van der Waals surface area (Å²) in [5.74, 6) is -0.431. The molecule has 5 heteroatoms. The zero-order valence-electron chi connectivity index (χ0n) is 11.4. The number of amides is 1. The Hall–Kier alpha value is -1.26. The maximum absolute atomic E-state index is 11.5. The first kappa shape index (κ1) is 14.2. The zero-order chi connectivity index (χ0) is 14.0. The molecule has 0 atom stereocenters. The number of halogens is 1. The van der Waals surface area contributed by atoms with E-state index < -0.39 is 5.91 Å². The summed E-state index contributed by atoms with van der Waals surface area (Å²) in [5.41, 5.74) is 7.80. The molecule has 0 unspecified atom stereocenters. The normalized spacial score (nSPS) is 16.4. The molecule has 0 aliphatic carbocycles. The molecule has 1 saturated heterocycles. The fourth-order valence-corrected chi connectivity index (χ4v) is 2.89. The molecule has 1 aromatic rings. The number of anilines is 1. The lowest BCUT2D eigenvalue weighted by atomic mass is 10.0. The van der Waals surface area contributed by atoms with Crippen LogP contribution < -0.4 is 16.0 Å². The van der Waals surface area contributed by atoms with E-state index in [2.05, 4.69) is 17.3 Å². The van der Waals surface area contributed by atoms with E-state index in [9.17, 15) is 4.79 Å². The standard InChI is InChI=1S/C14H20ClN3O/c1-9-12(14(16)19)7-10(15)8-13(9)18(2)11-3-5-17-6-4-11/h7-8,11,17H,3-6H2,1-2H3,(H2,16,19). The third-order valence-electron chi connectivity index (χ3n) is 3.85. The van der Waals surface area contributed by atoms with Gasteiger partial charge in [0.25, 0.3) is 0 Å². The van der Waals surface area contributed by atoms with Gasteiger partial charge in [-0.1, -0.05) is 11.6 Å². The Kier molecular flexibility index (Phi) is 4.32. The van der Waals surface area contributed by atoms with Crippen molar-refractivity contribution in [1.82, 2.24) is 5.32 Å². The molecular weight excluding hydrogens is 262 g/mol. The molecule has 0 spiro atoms. The van der Waals surface area contributed by atoms with Gasteiger partial charge < -0.3 is 16.0 Å². The van der Waals surface area contributed by atoms with Gasteiger partial charge in [-0.2, -0.15) is 0 Å². The van der Waals surface area contributed by atoms with Crippen molar-refractivity contribution in [3.63, 3.8) is 0 Å². The molecule has 3 N–H and O–H groups in total. The largest absolute Gasteiger partial charge is 0.371 e. The second-order valence-corrected chi connectivity index (χ2v) is 5.49. The van der Waals surface area contributed by atoms with Crippen molar-refractivity contribution >= 4 is 23.2 Å². The van der Waals surface area contributed by atoms with Gasteiger partial charge in [-0.05, 0) is 50.6 Å². The fourth-order valence-electron chi connectivity index (χ4n) is 2.68. The van der Waals surface area contributed by atoms with Crippen molar-refractivity contribution in [2.75, 3.05) is 25.0 Å². The van der Waals surface area contributed by atoms with Gasteiger partial charge in [0.2, 0.25) is 5.91 Å². The molecule has 104 valence electrons. The molecular formula is C14H20ClN3O. The van der Waals surface area contributed by atoms with Crippen molar-refractivity contribution < 1.29 is 4.79 Å². The summed E-state index contributed by atoms with van der Waals surface area (Å²) in [6.45, 7) is 3.97. The number of hydrogen-bond donors (Lipinski definition) is 2. The topological polar surface area (TPSA) is 58.4 Å². The van der Waals surface area contributed by atoms with E-state index in [1.807, 2.05) is 13.0 Å². The van der Waals surface area contributed by atoms with E-state index in [0.29, 0.717) is 16.6 Å². The summed E-state index contributed by atoms with van der Waals surface area (Å²) in [5, 5.41) is 3.90. The molecule has 0 aromatic heterocycles. The summed E-state index contributed by atoms with van der Waals surface area (Å²) in [6.07, 6.45) is 2.18. The predicted octanol–water partition coefficient (Wildman–Crippen LogP) is 1.94. The van der Waals surface area contributed by atoms with E-state index in [0.717, 1.165) is 37.2 Å². The molecule has 1 aliphatic rings. The van der Waals surface area contributed by atoms with Crippen LogP contribution in [-0.4, -0.2) is 32.1 Å². The number of carbonyl (C=O) groups excluding carboxylic acids is 1. The predicted molar refractivity (Wildman–Crippen MR) is 79.0 cm³/mol. The molecule has 0 saturated carbocycles. The summed E-state index contributed by atoms with van der Waals surface area (Å²) < 4.78 is 0. The number of nitrogens with two attached hydrogens (primary N) is 1. The lowest BCUT2D eigenvalue weighted by Gasteiger charge is -2.34. The van der Waals surface area contributed by atoms with Crippen molar-refractivity contribution in [1.29, 1.82) is 0 Å². The third kappa shape index (κ3) is 3.01. The fraction of sp³-hybridized carbons (Fsp3) is 0.500. The van der Waals surface area contributed by atoms with Gasteiger partial charge in [0.05, 0.1) is 0 Å². The quantitative estimate of drug-likeness (QED) is 0.890. The Morgan fingerprint density at radius 1 is 1.42 bits per heavy atom. The lowest BCUT2D eigenvalue weighted by Crippen LogP contribution is -2.41. The maximum Gasteiger partial charge on any atom is 0.249 e. The van der Waals surface area contributed by atoms with Crippen LogP contribution in [0.15, 0.2) is 12.1 Å². The summed E-state index contributed by atoms with van der Waals surface area (Å²) in [4.78, 5) is 13.7. The lowest BCUT2D eigenvalue weighted by molar-refractivity contribution is 0.0999. The van der Waals surface area contributed by atoms with Crippen LogP contribution in [0.1, 0.15) is 28.8 Å². The van der Waals surface area contributed by atoms with Crippen LogP contribution >= 0.6 is 11.6 Å². The number of benzene rings is 1. The number of carbonyl (C=O) groups is 1. The number of nitrogens with one attached hydrogen (secondary N) is 1. The highest BCUT2D eigenvalue weighted by Gasteiger charge is 2.21. The molecule has 1 aromatic carbocycles. The van der Waals surface area contributed by atoms with Gasteiger partial charge in [0, 0.05) is 29.4 Å². The minimum Gasteiger partial charge on any atom is -0.371 e. The van der Waals surface area contributed by atoms with Crippen LogP contribution in [0.2, 0.25) is 5.02 Å². The van der Waals surface area contributed by atoms with Crippen LogP contribution in [-0.2, 0) is 0 Å². The third-order valence-corrected chi connectivity index (χ3v) is 4.07. The first-order valence-electron chi connectivity index (χ1n) is 6.54. The Morgan fingerprint density at radius 2 is 2.05 bits per heavy atom. The van der Waals surface area contributed by atoms with Crippen molar-refractivity contribution in [2.45, 2.75) is 25.8 Å². The molecule has 1 amide bonds. The van der Waals surface area contributed by atoms with E-state index in [-0.39, 0.29) is 0 Å². The molecule has 19 heavy (non-hydrogen) atoms. The molecule has 0 bridgehead atoms. The highest BCUT2D eigenvalue weighted by molar-refractivity contribution is 6.31. The highest BCUT2D eigenvalue weighted by Crippen LogP contribution is 2.29. The monoisotopic (exact) mass is 281 g/mol. The van der Waals surface area contributed by atoms with Gasteiger partial charge in [-0.3, -0.25) is 4.79 Å². The van der Waals surface area contributed by atoms with Crippen LogP contribution in [0.4, 0.5) is 5.69 Å². The van der Waals surface area contributed by atoms with E-state index >= 15 is 0 Å². The second-order valence-electron chi connectivity index (χ2n) is 5.05. The summed E-state index contributed by atoms with van der Waals surface area (Å²) in [6, 6.07) is 4.02.